The summed E-state index contributed by atoms with van der Waals surface area (Å²) in [4.78, 5) is 36.2. The third-order valence-electron chi connectivity index (χ3n) is 3.58. The molecule has 8 heteroatoms. The van der Waals surface area contributed by atoms with Crippen LogP contribution in [0, 0.1) is 0 Å². The average molecular weight is 420 g/mol. The molecular weight excluding hydrogens is 403 g/mol. The van der Waals surface area contributed by atoms with E-state index in [2.05, 4.69) is 0 Å². The molecule has 0 saturated carbocycles. The van der Waals surface area contributed by atoms with E-state index in [9.17, 15) is 14.4 Å². The molecule has 1 aromatic carbocycles. The Morgan fingerprint density at radius 2 is 2.00 bits per heavy atom. The van der Waals surface area contributed by atoms with Crippen LogP contribution in [0.5, 0.6) is 0 Å². The van der Waals surface area contributed by atoms with Crippen molar-refractivity contribution in [2.45, 2.75) is 28.6 Å². The van der Waals surface area contributed by atoms with Crippen molar-refractivity contribution in [2.75, 3.05) is 14.2 Å². The maximum absolute atomic E-state index is 12.4. The summed E-state index contributed by atoms with van der Waals surface area (Å²) in [5.41, 5.74) is 0.238. The fourth-order valence-corrected chi connectivity index (χ4v) is 5.75. The second kappa shape index (κ2) is 8.01. The minimum atomic E-state index is -1.43. The zero-order valence-corrected chi connectivity index (χ0v) is 15.7. The van der Waals surface area contributed by atoms with E-state index in [0.717, 1.165) is 0 Å². The van der Waals surface area contributed by atoms with Gasteiger partial charge in [0.1, 0.15) is 0 Å². The molecule has 0 spiro atoms. The molecule has 0 aliphatic carbocycles. The summed E-state index contributed by atoms with van der Waals surface area (Å²) < 4.78 is 13.7. The van der Waals surface area contributed by atoms with Crippen LogP contribution in [0.25, 0.3) is 0 Å². The monoisotopic (exact) mass is 420 g/mol. The van der Waals surface area contributed by atoms with Crippen molar-refractivity contribution in [3.05, 3.63) is 34.9 Å². The number of esters is 3. The molecule has 0 bridgehead atoms. The van der Waals surface area contributed by atoms with Crippen molar-refractivity contribution in [3.63, 3.8) is 0 Å². The number of benzene rings is 1. The van der Waals surface area contributed by atoms with Gasteiger partial charge in [0, 0.05) is 0 Å². The van der Waals surface area contributed by atoms with Crippen LogP contribution in [0.4, 0.5) is 0 Å². The first-order valence-corrected chi connectivity index (χ1v) is 9.47. The van der Waals surface area contributed by atoms with Crippen LogP contribution in [0.15, 0.2) is 24.3 Å². The molecule has 6 nitrogen and oxygen atoms in total. The third kappa shape index (κ3) is 4.09. The van der Waals surface area contributed by atoms with Gasteiger partial charge < -0.3 is 0 Å². The first-order valence-electron chi connectivity index (χ1n) is 7.25. The van der Waals surface area contributed by atoms with Crippen molar-refractivity contribution in [2.24, 2.45) is 0 Å². The van der Waals surface area contributed by atoms with E-state index in [4.69, 9.17) is 25.8 Å². The summed E-state index contributed by atoms with van der Waals surface area (Å²) in [6, 6.07) is 6.26. The molecule has 0 amide bonds. The number of carbonyl (C=O) groups excluding carboxylic acids is 3. The van der Waals surface area contributed by atoms with Gasteiger partial charge in [0.05, 0.1) is 0 Å². The van der Waals surface area contributed by atoms with E-state index >= 15 is 0 Å². The van der Waals surface area contributed by atoms with E-state index in [0.29, 0.717) is 24.3 Å². The fraction of sp³-hybridized carbons (Fsp3) is 0.438. The van der Waals surface area contributed by atoms with Crippen molar-refractivity contribution < 1.29 is 28.6 Å². The van der Waals surface area contributed by atoms with Gasteiger partial charge in [-0.05, 0) is 0 Å². The Kier molecular flexibility index (Phi) is 6.27. The van der Waals surface area contributed by atoms with Gasteiger partial charge in [-0.15, -0.1) is 0 Å². The summed E-state index contributed by atoms with van der Waals surface area (Å²) in [6.07, 6.45) is 1.47. The SMILES string of the molecule is COC(=O)C1CCCC(OC(=O)c2cccc(Cl)c2)(C(=O)OC)[Se]1. The predicted molar refractivity (Wildman–Crippen MR) is 87.0 cm³/mol. The zero-order valence-electron chi connectivity index (χ0n) is 13.2. The number of halogens is 1. The van der Waals surface area contributed by atoms with Crippen LogP contribution in [-0.2, 0) is 23.8 Å². The van der Waals surface area contributed by atoms with E-state index in [1.54, 1.807) is 18.2 Å². The van der Waals surface area contributed by atoms with Gasteiger partial charge in [-0.1, -0.05) is 0 Å². The summed E-state index contributed by atoms with van der Waals surface area (Å²) in [5.74, 6) is -1.72. The molecule has 130 valence electrons. The third-order valence-corrected chi connectivity index (χ3v) is 7.07. The molecule has 1 aliphatic rings. The molecule has 0 radical (unpaired) electrons. The molecule has 0 N–H and O–H groups in total. The zero-order chi connectivity index (χ0) is 17.7. The quantitative estimate of drug-likeness (QED) is 0.423. The second-order valence-electron chi connectivity index (χ2n) is 5.17. The van der Waals surface area contributed by atoms with E-state index < -0.39 is 42.2 Å². The standard InChI is InChI=1S/C16H17ClO6Se/c1-21-14(19)12-7-4-8-16(24-12,15(20)22-2)23-13(18)10-5-3-6-11(17)9-10/h3,5-6,9,12H,4,7-8H2,1-2H3. The predicted octanol–water partition coefficient (Wildman–Crippen LogP) is 2.22. The molecule has 1 aromatic rings. The Bertz CT molecular complexity index is 649. The molecular formula is C16H17ClO6Se. The normalized spacial score (nSPS) is 23.2. The number of ether oxygens (including phenoxy) is 3. The van der Waals surface area contributed by atoms with Gasteiger partial charge in [-0.3, -0.25) is 0 Å². The molecule has 2 rings (SSSR count). The fourth-order valence-electron chi connectivity index (χ4n) is 2.41. The maximum atomic E-state index is 12.4. The Morgan fingerprint density at radius 1 is 1.25 bits per heavy atom. The van der Waals surface area contributed by atoms with Crippen LogP contribution in [0.3, 0.4) is 0 Å². The summed E-state index contributed by atoms with van der Waals surface area (Å²) >= 11 is 5.24. The molecule has 2 unspecified atom stereocenters. The first kappa shape index (κ1) is 18.8. The van der Waals surface area contributed by atoms with Gasteiger partial charge in [0.15, 0.2) is 0 Å². The Morgan fingerprint density at radius 3 is 2.62 bits per heavy atom. The number of carbonyl (C=O) groups is 3. The number of hydrogen-bond donors (Lipinski definition) is 0. The summed E-state index contributed by atoms with van der Waals surface area (Å²) in [6.45, 7) is 0. The first-order chi connectivity index (χ1) is 11.4. The molecule has 1 heterocycles. The van der Waals surface area contributed by atoms with E-state index in [1.807, 2.05) is 0 Å². The van der Waals surface area contributed by atoms with E-state index in [-0.39, 0.29) is 5.56 Å². The van der Waals surface area contributed by atoms with Gasteiger partial charge in [-0.2, -0.15) is 0 Å². The van der Waals surface area contributed by atoms with Crippen molar-refractivity contribution >= 4 is 44.5 Å². The van der Waals surface area contributed by atoms with E-state index in [1.165, 1.54) is 20.3 Å². The van der Waals surface area contributed by atoms with Crippen LogP contribution < -0.4 is 0 Å². The number of rotatable bonds is 4. The van der Waals surface area contributed by atoms with Gasteiger partial charge in [0.2, 0.25) is 0 Å². The van der Waals surface area contributed by atoms with Gasteiger partial charge >= 0.3 is 151 Å². The molecule has 0 aromatic heterocycles. The van der Waals surface area contributed by atoms with Crippen molar-refractivity contribution in [1.82, 2.24) is 0 Å². The Hall–Kier alpha value is -1.56. The van der Waals surface area contributed by atoms with Crippen molar-refractivity contribution in [3.8, 4) is 0 Å². The molecule has 1 aliphatic heterocycles. The van der Waals surface area contributed by atoms with Crippen LogP contribution in [-0.4, -0.2) is 51.6 Å². The molecule has 2 atom stereocenters. The van der Waals surface area contributed by atoms with Crippen molar-refractivity contribution in [1.29, 1.82) is 0 Å². The average Bonchev–Trinajstić information content (AvgIpc) is 2.60. The number of hydrogen-bond acceptors (Lipinski definition) is 6. The van der Waals surface area contributed by atoms with Gasteiger partial charge in [-0.25, -0.2) is 0 Å². The topological polar surface area (TPSA) is 78.9 Å². The summed E-state index contributed by atoms with van der Waals surface area (Å²) in [7, 11) is 2.53. The Balaban J connectivity index is 2.26. The Labute approximate surface area is 150 Å². The minimum absolute atomic E-state index is 0.238. The molecule has 24 heavy (non-hydrogen) atoms. The molecule has 1 fully saturated rings. The second-order valence-corrected chi connectivity index (χ2v) is 8.67. The summed E-state index contributed by atoms with van der Waals surface area (Å²) in [5, 5.41) is 0.387. The van der Waals surface area contributed by atoms with Gasteiger partial charge in [0.25, 0.3) is 0 Å². The number of methoxy groups -OCH3 is 2. The van der Waals surface area contributed by atoms with Crippen LogP contribution in [0.2, 0.25) is 9.84 Å². The molecule has 1 saturated heterocycles. The van der Waals surface area contributed by atoms with Crippen LogP contribution in [0.1, 0.15) is 29.6 Å². The van der Waals surface area contributed by atoms with Crippen LogP contribution >= 0.6 is 11.6 Å².